The van der Waals surface area contributed by atoms with Gasteiger partial charge in [0.05, 0.1) is 7.11 Å². The van der Waals surface area contributed by atoms with Crippen LogP contribution in [-0.4, -0.2) is 24.3 Å². The molecule has 0 radical (unpaired) electrons. The van der Waals surface area contributed by atoms with E-state index >= 15 is 0 Å². The maximum Gasteiger partial charge on any atom is 0.406 e. The molecule has 1 heterocycles. The van der Waals surface area contributed by atoms with Crippen LogP contribution in [0, 0.1) is 0 Å². The van der Waals surface area contributed by atoms with Crippen LogP contribution < -0.4 is 5.32 Å². The lowest BCUT2D eigenvalue weighted by Crippen LogP contribution is -2.26. The summed E-state index contributed by atoms with van der Waals surface area (Å²) >= 11 is 0. The fourth-order valence-corrected chi connectivity index (χ4v) is 0.878. The number of nitrogens with zero attached hydrogens (tertiary/aromatic N) is 1. The third kappa shape index (κ3) is 2.65. The van der Waals surface area contributed by atoms with E-state index in [9.17, 15) is 4.79 Å². The van der Waals surface area contributed by atoms with E-state index < -0.39 is 0 Å². The molecule has 0 fully saturated rings. The fourth-order valence-electron chi connectivity index (χ4n) is 0.878. The minimum absolute atomic E-state index is 0.387. The van der Waals surface area contributed by atoms with E-state index in [0.29, 0.717) is 6.54 Å². The number of hydrogen-bond donors (Lipinski definition) is 1. The van der Waals surface area contributed by atoms with E-state index in [0.717, 1.165) is 6.54 Å². The standard InChI is InChI=1S/C8H12N2O2/c1-12-8(11)9-4-7-10-5-2-3-6-10/h2-3,5-6H,4,7H2,1H3,(H,9,11). The minimum Gasteiger partial charge on any atom is -0.453 e. The van der Waals surface area contributed by atoms with Gasteiger partial charge in [-0.1, -0.05) is 0 Å². The highest BCUT2D eigenvalue weighted by Gasteiger charge is 1.95. The molecule has 0 bridgehead atoms. The third-order valence-electron chi connectivity index (χ3n) is 1.49. The predicted molar refractivity (Wildman–Crippen MR) is 44.8 cm³/mol. The molecule has 1 N–H and O–H groups in total. The van der Waals surface area contributed by atoms with Crippen LogP contribution in [0.25, 0.3) is 0 Å². The van der Waals surface area contributed by atoms with Crippen molar-refractivity contribution in [3.05, 3.63) is 24.5 Å². The van der Waals surface area contributed by atoms with Crippen LogP contribution in [0.2, 0.25) is 0 Å². The third-order valence-corrected chi connectivity index (χ3v) is 1.49. The van der Waals surface area contributed by atoms with Crippen molar-refractivity contribution < 1.29 is 9.53 Å². The Balaban J connectivity index is 2.15. The maximum atomic E-state index is 10.6. The van der Waals surface area contributed by atoms with Gasteiger partial charge >= 0.3 is 6.09 Å². The van der Waals surface area contributed by atoms with Crippen molar-refractivity contribution in [1.29, 1.82) is 0 Å². The Morgan fingerprint density at radius 1 is 1.50 bits per heavy atom. The van der Waals surface area contributed by atoms with Crippen molar-refractivity contribution in [2.75, 3.05) is 13.7 Å². The molecule has 66 valence electrons. The highest BCUT2D eigenvalue weighted by molar-refractivity contribution is 5.66. The van der Waals surface area contributed by atoms with Crippen molar-refractivity contribution in [3.63, 3.8) is 0 Å². The normalized spacial score (nSPS) is 9.42. The van der Waals surface area contributed by atoms with Crippen molar-refractivity contribution in [3.8, 4) is 0 Å². The molecule has 0 spiro atoms. The van der Waals surface area contributed by atoms with Gasteiger partial charge in [0, 0.05) is 25.5 Å². The zero-order valence-corrected chi connectivity index (χ0v) is 6.99. The zero-order valence-electron chi connectivity index (χ0n) is 6.99. The van der Waals surface area contributed by atoms with Gasteiger partial charge < -0.3 is 14.6 Å². The molecule has 12 heavy (non-hydrogen) atoms. The topological polar surface area (TPSA) is 43.3 Å². The summed E-state index contributed by atoms with van der Waals surface area (Å²) in [6.07, 6.45) is 3.50. The number of methoxy groups -OCH3 is 1. The van der Waals surface area contributed by atoms with Gasteiger partial charge in [0.1, 0.15) is 0 Å². The number of rotatable bonds is 3. The first-order chi connectivity index (χ1) is 5.83. The Kier molecular flexibility index (Phi) is 3.19. The molecular formula is C8H12N2O2. The maximum absolute atomic E-state index is 10.6. The molecule has 1 aromatic heterocycles. The monoisotopic (exact) mass is 168 g/mol. The van der Waals surface area contributed by atoms with Gasteiger partial charge in [0.15, 0.2) is 0 Å². The molecule has 0 aromatic carbocycles. The van der Waals surface area contributed by atoms with E-state index in [1.54, 1.807) is 0 Å². The van der Waals surface area contributed by atoms with Crippen LogP contribution in [0.3, 0.4) is 0 Å². The summed E-state index contributed by atoms with van der Waals surface area (Å²) in [5.74, 6) is 0. The van der Waals surface area contributed by atoms with E-state index in [-0.39, 0.29) is 6.09 Å². The number of amides is 1. The quantitative estimate of drug-likeness (QED) is 0.726. The Morgan fingerprint density at radius 2 is 2.17 bits per heavy atom. The Morgan fingerprint density at radius 3 is 2.75 bits per heavy atom. The molecule has 1 rings (SSSR count). The van der Waals surface area contributed by atoms with Crippen molar-refractivity contribution in [1.82, 2.24) is 9.88 Å². The fraction of sp³-hybridized carbons (Fsp3) is 0.375. The predicted octanol–water partition coefficient (Wildman–Crippen LogP) is 0.844. The van der Waals surface area contributed by atoms with E-state index in [4.69, 9.17) is 0 Å². The largest absolute Gasteiger partial charge is 0.453 e. The SMILES string of the molecule is COC(=O)NCCn1cccc1. The van der Waals surface area contributed by atoms with Crippen LogP contribution in [0.4, 0.5) is 4.79 Å². The second kappa shape index (κ2) is 4.43. The van der Waals surface area contributed by atoms with Crippen LogP contribution in [0.15, 0.2) is 24.5 Å². The van der Waals surface area contributed by atoms with E-state index in [1.807, 2.05) is 29.1 Å². The molecule has 0 saturated heterocycles. The second-order valence-electron chi connectivity index (χ2n) is 2.34. The number of carbonyl (C=O) groups excluding carboxylic acids is 1. The summed E-state index contributed by atoms with van der Waals surface area (Å²) in [5, 5.41) is 2.59. The molecular weight excluding hydrogens is 156 g/mol. The molecule has 0 atom stereocenters. The van der Waals surface area contributed by atoms with Crippen LogP contribution in [0.5, 0.6) is 0 Å². The van der Waals surface area contributed by atoms with E-state index in [2.05, 4.69) is 10.1 Å². The number of alkyl carbamates (subject to hydrolysis) is 1. The minimum atomic E-state index is -0.387. The van der Waals surface area contributed by atoms with Gasteiger partial charge in [-0.05, 0) is 12.1 Å². The number of hydrogen-bond acceptors (Lipinski definition) is 2. The molecule has 1 aromatic rings. The van der Waals surface area contributed by atoms with Crippen LogP contribution >= 0.6 is 0 Å². The van der Waals surface area contributed by atoms with Gasteiger partial charge in [-0.25, -0.2) is 4.79 Å². The lowest BCUT2D eigenvalue weighted by atomic mass is 10.6. The molecule has 0 aliphatic heterocycles. The number of carbonyl (C=O) groups is 1. The number of nitrogens with one attached hydrogen (secondary N) is 1. The molecule has 4 nitrogen and oxygen atoms in total. The zero-order chi connectivity index (χ0) is 8.81. The molecule has 0 unspecified atom stereocenters. The Labute approximate surface area is 71.1 Å². The Hall–Kier alpha value is -1.45. The van der Waals surface area contributed by atoms with Gasteiger partial charge in [0.2, 0.25) is 0 Å². The average Bonchev–Trinajstić information content (AvgIpc) is 2.57. The lowest BCUT2D eigenvalue weighted by Gasteiger charge is -2.03. The van der Waals surface area contributed by atoms with E-state index in [1.165, 1.54) is 7.11 Å². The smallest absolute Gasteiger partial charge is 0.406 e. The van der Waals surface area contributed by atoms with Gasteiger partial charge in [-0.2, -0.15) is 0 Å². The lowest BCUT2D eigenvalue weighted by molar-refractivity contribution is 0.170. The summed E-state index contributed by atoms with van der Waals surface area (Å²) in [6.45, 7) is 1.35. The van der Waals surface area contributed by atoms with Gasteiger partial charge in [-0.15, -0.1) is 0 Å². The van der Waals surface area contributed by atoms with Crippen molar-refractivity contribution >= 4 is 6.09 Å². The van der Waals surface area contributed by atoms with Gasteiger partial charge in [-0.3, -0.25) is 0 Å². The second-order valence-corrected chi connectivity index (χ2v) is 2.34. The molecule has 4 heteroatoms. The summed E-state index contributed by atoms with van der Waals surface area (Å²) in [5.41, 5.74) is 0. The summed E-state index contributed by atoms with van der Waals surface area (Å²) in [4.78, 5) is 10.6. The average molecular weight is 168 g/mol. The summed E-state index contributed by atoms with van der Waals surface area (Å²) in [6, 6.07) is 3.89. The van der Waals surface area contributed by atoms with Crippen molar-refractivity contribution in [2.45, 2.75) is 6.54 Å². The molecule has 0 aliphatic rings. The van der Waals surface area contributed by atoms with Crippen LogP contribution in [0.1, 0.15) is 0 Å². The first-order valence-electron chi connectivity index (χ1n) is 3.75. The number of ether oxygens (including phenoxy) is 1. The molecule has 0 aliphatic carbocycles. The molecule has 0 saturated carbocycles. The Bertz CT molecular complexity index is 231. The highest BCUT2D eigenvalue weighted by atomic mass is 16.5. The summed E-state index contributed by atoms with van der Waals surface area (Å²) in [7, 11) is 1.35. The van der Waals surface area contributed by atoms with Crippen LogP contribution in [-0.2, 0) is 11.3 Å². The highest BCUT2D eigenvalue weighted by Crippen LogP contribution is 1.87. The molecule has 1 amide bonds. The van der Waals surface area contributed by atoms with Gasteiger partial charge in [0.25, 0.3) is 0 Å². The number of aromatic nitrogens is 1. The first-order valence-corrected chi connectivity index (χ1v) is 3.75. The first kappa shape index (κ1) is 8.64. The summed E-state index contributed by atoms with van der Waals surface area (Å²) < 4.78 is 6.39. The van der Waals surface area contributed by atoms with Crippen molar-refractivity contribution in [2.24, 2.45) is 0 Å².